The number of hydrogen-bond acceptors (Lipinski definition) is 8. The Kier molecular flexibility index (Phi) is 9.15. The zero-order valence-corrected chi connectivity index (χ0v) is 20.6. The first-order chi connectivity index (χ1) is 14.5. The fourth-order valence-corrected chi connectivity index (χ4v) is 4.83. The summed E-state index contributed by atoms with van der Waals surface area (Å²) in [5, 5.41) is 21.8. The monoisotopic (exact) mass is 462 g/mol. The molecule has 0 saturated carbocycles. The molecular formula is C23H39FO8. The van der Waals surface area contributed by atoms with E-state index in [0.29, 0.717) is 0 Å². The number of ketones is 2. The van der Waals surface area contributed by atoms with Crippen LogP contribution in [-0.2, 0) is 28.6 Å². The van der Waals surface area contributed by atoms with Crippen molar-refractivity contribution in [3.63, 3.8) is 0 Å². The van der Waals surface area contributed by atoms with Crippen LogP contribution in [0.2, 0.25) is 0 Å². The first-order valence-electron chi connectivity index (χ1n) is 11.0. The SMILES string of the molecule is CC[C@H]1OC(=O)[C@@](C)(F)C(=O)[C@H](C)[C@@H](OC)[C@](C)(OC)C[C@@H](C)C(=O)[C@H](C)[C@@H](O)[C@]1(C)O. The molecule has 0 spiro atoms. The smallest absolute Gasteiger partial charge is 0.351 e. The van der Waals surface area contributed by atoms with Gasteiger partial charge in [0.25, 0.3) is 5.67 Å². The third kappa shape index (κ3) is 5.21. The highest BCUT2D eigenvalue weighted by molar-refractivity contribution is 6.07. The summed E-state index contributed by atoms with van der Waals surface area (Å²) < 4.78 is 31.8. The van der Waals surface area contributed by atoms with E-state index in [1.165, 1.54) is 35.0 Å². The largest absolute Gasteiger partial charge is 0.457 e. The molecule has 1 aliphatic rings. The van der Waals surface area contributed by atoms with E-state index in [1.807, 2.05) is 0 Å². The van der Waals surface area contributed by atoms with Crippen molar-refractivity contribution in [3.8, 4) is 0 Å². The molecule has 186 valence electrons. The van der Waals surface area contributed by atoms with Crippen LogP contribution in [0.4, 0.5) is 4.39 Å². The van der Waals surface area contributed by atoms with Crippen molar-refractivity contribution in [2.75, 3.05) is 14.2 Å². The van der Waals surface area contributed by atoms with Crippen molar-refractivity contribution in [2.24, 2.45) is 17.8 Å². The minimum absolute atomic E-state index is 0.0224. The van der Waals surface area contributed by atoms with Gasteiger partial charge in [0, 0.05) is 32.0 Å². The molecule has 0 aromatic rings. The molecule has 9 atom stereocenters. The molecule has 0 bridgehead atoms. The molecule has 1 heterocycles. The van der Waals surface area contributed by atoms with Crippen LogP contribution in [0, 0.1) is 17.8 Å². The molecule has 0 aromatic heterocycles. The van der Waals surface area contributed by atoms with Gasteiger partial charge < -0.3 is 24.4 Å². The Balaban J connectivity index is 3.65. The molecule has 0 amide bonds. The lowest BCUT2D eigenvalue weighted by Crippen LogP contribution is -2.59. The Morgan fingerprint density at radius 2 is 1.62 bits per heavy atom. The molecule has 0 unspecified atom stereocenters. The van der Waals surface area contributed by atoms with E-state index in [0.717, 1.165) is 6.92 Å². The van der Waals surface area contributed by atoms with Gasteiger partial charge in [-0.3, -0.25) is 9.59 Å². The van der Waals surface area contributed by atoms with Crippen LogP contribution in [0.25, 0.3) is 0 Å². The van der Waals surface area contributed by atoms with Crippen LogP contribution in [-0.4, -0.2) is 77.2 Å². The number of halogens is 1. The highest BCUT2D eigenvalue weighted by Crippen LogP contribution is 2.37. The maximum absolute atomic E-state index is 15.5. The predicted molar refractivity (Wildman–Crippen MR) is 115 cm³/mol. The number of carbonyl (C=O) groups is 3. The molecule has 1 aliphatic heterocycles. The molecule has 0 aromatic carbocycles. The van der Waals surface area contributed by atoms with E-state index in [2.05, 4.69) is 0 Å². The summed E-state index contributed by atoms with van der Waals surface area (Å²) in [4.78, 5) is 38.9. The Morgan fingerprint density at radius 1 is 1.09 bits per heavy atom. The second kappa shape index (κ2) is 10.2. The summed E-state index contributed by atoms with van der Waals surface area (Å²) in [5.74, 6) is -5.69. The number of alkyl halides is 1. The second-order valence-electron chi connectivity index (χ2n) is 9.60. The van der Waals surface area contributed by atoms with E-state index < -0.39 is 64.7 Å². The lowest BCUT2D eigenvalue weighted by atomic mass is 9.74. The highest BCUT2D eigenvalue weighted by atomic mass is 19.1. The van der Waals surface area contributed by atoms with Gasteiger partial charge in [0.2, 0.25) is 0 Å². The number of Topliss-reactive ketones (excluding diaryl/α,β-unsaturated/α-hetero) is 2. The topological polar surface area (TPSA) is 119 Å². The van der Waals surface area contributed by atoms with Crippen LogP contribution >= 0.6 is 0 Å². The van der Waals surface area contributed by atoms with Crippen LogP contribution in [0.3, 0.4) is 0 Å². The van der Waals surface area contributed by atoms with Crippen molar-refractivity contribution >= 4 is 17.5 Å². The first kappa shape index (κ1) is 28.6. The van der Waals surface area contributed by atoms with Gasteiger partial charge in [0.15, 0.2) is 5.78 Å². The Morgan fingerprint density at radius 3 is 2.06 bits per heavy atom. The van der Waals surface area contributed by atoms with Crippen molar-refractivity contribution in [2.45, 2.75) is 96.5 Å². The van der Waals surface area contributed by atoms with Crippen molar-refractivity contribution in [3.05, 3.63) is 0 Å². The van der Waals surface area contributed by atoms with Gasteiger partial charge in [-0.25, -0.2) is 9.18 Å². The van der Waals surface area contributed by atoms with Gasteiger partial charge in [-0.1, -0.05) is 27.7 Å². The number of carbonyl (C=O) groups excluding carboxylic acids is 3. The van der Waals surface area contributed by atoms with E-state index >= 15 is 4.39 Å². The van der Waals surface area contributed by atoms with Gasteiger partial charge in [-0.2, -0.15) is 0 Å². The van der Waals surface area contributed by atoms with Gasteiger partial charge in [0.1, 0.15) is 17.5 Å². The Bertz CT molecular complexity index is 706. The molecule has 9 heteroatoms. The second-order valence-corrected chi connectivity index (χ2v) is 9.60. The maximum atomic E-state index is 15.5. The van der Waals surface area contributed by atoms with Crippen molar-refractivity contribution in [1.29, 1.82) is 0 Å². The molecular weight excluding hydrogens is 423 g/mol. The zero-order chi connectivity index (χ0) is 25.2. The molecule has 8 nitrogen and oxygen atoms in total. The number of hydrogen-bond donors (Lipinski definition) is 2. The van der Waals surface area contributed by atoms with Gasteiger partial charge in [-0.15, -0.1) is 0 Å². The Labute approximate surface area is 189 Å². The van der Waals surface area contributed by atoms with E-state index in [9.17, 15) is 24.6 Å². The molecule has 2 N–H and O–H groups in total. The minimum Gasteiger partial charge on any atom is -0.457 e. The highest BCUT2D eigenvalue weighted by Gasteiger charge is 2.54. The normalized spacial score (nSPS) is 45.3. The van der Waals surface area contributed by atoms with Crippen LogP contribution in [0.1, 0.15) is 61.3 Å². The average molecular weight is 463 g/mol. The number of aliphatic hydroxyl groups excluding tert-OH is 1. The molecule has 32 heavy (non-hydrogen) atoms. The standard InChI is InChI=1S/C23H39FO8/c1-10-15-23(7,29)18(27)13(3)16(25)12(2)11-21(5,31-9)19(30-8)14(4)17(26)22(6,24)20(28)32-15/h12-15,18-19,27,29H,10-11H2,1-9H3/t12-,13+,14+,15-,18-,19-,21-,22+,23-/m1/s1. The summed E-state index contributed by atoms with van der Waals surface area (Å²) in [7, 11) is 2.73. The minimum atomic E-state index is -3.03. The Hall–Kier alpha value is -1.42. The summed E-state index contributed by atoms with van der Waals surface area (Å²) >= 11 is 0. The van der Waals surface area contributed by atoms with Crippen LogP contribution in [0.15, 0.2) is 0 Å². The van der Waals surface area contributed by atoms with Gasteiger partial charge in [-0.05, 0) is 33.6 Å². The van der Waals surface area contributed by atoms with E-state index in [4.69, 9.17) is 14.2 Å². The average Bonchev–Trinajstić information content (AvgIpc) is 2.74. The number of cyclic esters (lactones) is 1. The molecule has 1 rings (SSSR count). The third-order valence-corrected chi connectivity index (χ3v) is 7.03. The third-order valence-electron chi connectivity index (χ3n) is 7.03. The number of rotatable bonds is 3. The molecule has 0 aliphatic carbocycles. The summed E-state index contributed by atoms with van der Waals surface area (Å²) in [6.07, 6.45) is -3.81. The number of ether oxygens (including phenoxy) is 3. The lowest BCUT2D eigenvalue weighted by Gasteiger charge is -2.43. The molecule has 1 saturated heterocycles. The molecule has 1 fully saturated rings. The summed E-state index contributed by atoms with van der Waals surface area (Å²) in [6, 6.07) is 0. The summed E-state index contributed by atoms with van der Waals surface area (Å²) in [5.41, 5.74) is -6.29. The van der Waals surface area contributed by atoms with Crippen molar-refractivity contribution in [1.82, 2.24) is 0 Å². The fourth-order valence-electron chi connectivity index (χ4n) is 4.83. The number of methoxy groups -OCH3 is 2. The quantitative estimate of drug-likeness (QED) is 0.483. The van der Waals surface area contributed by atoms with E-state index in [-0.39, 0.29) is 18.6 Å². The predicted octanol–water partition coefficient (Wildman–Crippen LogP) is 2.02. The number of aliphatic hydroxyl groups is 2. The zero-order valence-electron chi connectivity index (χ0n) is 20.6. The van der Waals surface area contributed by atoms with E-state index in [1.54, 1.807) is 20.8 Å². The summed E-state index contributed by atoms with van der Waals surface area (Å²) in [6.45, 7) is 9.79. The maximum Gasteiger partial charge on any atom is 0.351 e. The fraction of sp³-hybridized carbons (Fsp3) is 0.870. The molecule has 0 radical (unpaired) electrons. The van der Waals surface area contributed by atoms with Crippen LogP contribution < -0.4 is 0 Å². The van der Waals surface area contributed by atoms with Crippen molar-refractivity contribution < 1.29 is 43.2 Å². The first-order valence-corrected chi connectivity index (χ1v) is 11.0. The lowest BCUT2D eigenvalue weighted by molar-refractivity contribution is -0.198. The van der Waals surface area contributed by atoms with Gasteiger partial charge >= 0.3 is 5.97 Å². The van der Waals surface area contributed by atoms with Gasteiger partial charge in [0.05, 0.1) is 17.8 Å². The van der Waals surface area contributed by atoms with Crippen LogP contribution in [0.5, 0.6) is 0 Å². The number of esters is 1.